The van der Waals surface area contributed by atoms with E-state index in [1.165, 1.54) is 0 Å². The van der Waals surface area contributed by atoms with Crippen molar-refractivity contribution in [2.45, 2.75) is 12.8 Å². The Morgan fingerprint density at radius 2 is 1.83 bits per heavy atom. The molecule has 0 aliphatic carbocycles. The third kappa shape index (κ3) is 3.10. The predicted octanol–water partition coefficient (Wildman–Crippen LogP) is 3.74. The summed E-state index contributed by atoms with van der Waals surface area (Å²) in [7, 11) is 0. The molecule has 0 saturated heterocycles. The van der Waals surface area contributed by atoms with Gasteiger partial charge >= 0.3 is 0 Å². The van der Waals surface area contributed by atoms with Crippen molar-refractivity contribution in [3.63, 3.8) is 0 Å². The van der Waals surface area contributed by atoms with Crippen LogP contribution in [0.2, 0.25) is 0 Å². The van der Waals surface area contributed by atoms with E-state index in [4.69, 9.17) is 0 Å². The lowest BCUT2D eigenvalue weighted by Crippen LogP contribution is -2.24. The zero-order chi connectivity index (χ0) is 12.8. The minimum atomic E-state index is 0.0152. The number of carbonyl (C=O) groups excluding carboxylic acids is 1. The Bertz CT molecular complexity index is 534. The first-order chi connectivity index (χ1) is 8.83. The van der Waals surface area contributed by atoms with E-state index >= 15 is 0 Å². The van der Waals surface area contributed by atoms with E-state index in [2.05, 4.69) is 21.2 Å². The third-order valence-corrected chi connectivity index (χ3v) is 3.44. The van der Waals surface area contributed by atoms with Gasteiger partial charge in [0.2, 0.25) is 0 Å². The van der Waals surface area contributed by atoms with E-state index in [0.29, 0.717) is 0 Å². The van der Waals surface area contributed by atoms with Crippen LogP contribution in [0.25, 0.3) is 10.8 Å². The standard InChI is InChI=1S/C15H16BrNO/c16-10-3-4-11-17-15(18)14-9-5-7-12-6-1-2-8-13(12)14/h1-2,5-9H,3-4,10-11H2,(H,17,18). The van der Waals surface area contributed by atoms with Crippen molar-refractivity contribution < 1.29 is 4.79 Å². The van der Waals surface area contributed by atoms with Crippen LogP contribution in [0, 0.1) is 0 Å². The van der Waals surface area contributed by atoms with Gasteiger partial charge < -0.3 is 5.32 Å². The van der Waals surface area contributed by atoms with Crippen LogP contribution in [0.1, 0.15) is 23.2 Å². The number of fused-ring (bicyclic) bond motifs is 1. The van der Waals surface area contributed by atoms with Crippen LogP contribution in [0.4, 0.5) is 0 Å². The maximum absolute atomic E-state index is 12.1. The summed E-state index contributed by atoms with van der Waals surface area (Å²) in [5.74, 6) is 0.0152. The van der Waals surface area contributed by atoms with Crippen molar-refractivity contribution >= 4 is 32.6 Å². The highest BCUT2D eigenvalue weighted by atomic mass is 79.9. The summed E-state index contributed by atoms with van der Waals surface area (Å²) in [6.07, 6.45) is 2.08. The van der Waals surface area contributed by atoms with Crippen molar-refractivity contribution in [3.8, 4) is 0 Å². The fraction of sp³-hybridized carbons (Fsp3) is 0.267. The van der Waals surface area contributed by atoms with Gasteiger partial charge in [-0.3, -0.25) is 4.79 Å². The van der Waals surface area contributed by atoms with Crippen molar-refractivity contribution in [1.29, 1.82) is 0 Å². The summed E-state index contributed by atoms with van der Waals surface area (Å²) >= 11 is 3.38. The Morgan fingerprint density at radius 1 is 1.06 bits per heavy atom. The topological polar surface area (TPSA) is 29.1 Å². The molecule has 2 aromatic rings. The van der Waals surface area contributed by atoms with Crippen LogP contribution in [-0.4, -0.2) is 17.8 Å². The van der Waals surface area contributed by atoms with Gasteiger partial charge in [-0.25, -0.2) is 0 Å². The number of amides is 1. The van der Waals surface area contributed by atoms with E-state index in [9.17, 15) is 4.79 Å². The van der Waals surface area contributed by atoms with E-state index < -0.39 is 0 Å². The second kappa shape index (κ2) is 6.55. The molecule has 0 bridgehead atoms. The van der Waals surface area contributed by atoms with Crippen LogP contribution in [0.3, 0.4) is 0 Å². The minimum Gasteiger partial charge on any atom is -0.352 e. The SMILES string of the molecule is O=C(NCCCCBr)c1cccc2ccccc12. The molecule has 1 amide bonds. The van der Waals surface area contributed by atoms with Gasteiger partial charge in [0.05, 0.1) is 0 Å². The molecular formula is C15H16BrNO. The molecule has 0 unspecified atom stereocenters. The molecule has 0 radical (unpaired) electrons. The van der Waals surface area contributed by atoms with Gasteiger partial charge in [-0.1, -0.05) is 52.3 Å². The lowest BCUT2D eigenvalue weighted by atomic mass is 10.0. The molecule has 0 fully saturated rings. The zero-order valence-corrected chi connectivity index (χ0v) is 11.7. The van der Waals surface area contributed by atoms with Crippen molar-refractivity contribution in [1.82, 2.24) is 5.32 Å². The molecule has 2 aromatic carbocycles. The Labute approximate surface area is 116 Å². The molecule has 0 aromatic heterocycles. The molecule has 0 aliphatic rings. The second-order valence-corrected chi connectivity index (χ2v) is 4.97. The maximum atomic E-state index is 12.1. The van der Waals surface area contributed by atoms with Gasteiger partial charge in [-0.15, -0.1) is 0 Å². The largest absolute Gasteiger partial charge is 0.352 e. The number of halogens is 1. The number of alkyl halides is 1. The van der Waals surface area contributed by atoms with E-state index in [1.807, 2.05) is 42.5 Å². The first kappa shape index (κ1) is 13.1. The van der Waals surface area contributed by atoms with Crippen LogP contribution in [0.15, 0.2) is 42.5 Å². The molecule has 94 valence electrons. The molecule has 0 aliphatic heterocycles. The van der Waals surface area contributed by atoms with Crippen LogP contribution >= 0.6 is 15.9 Å². The molecule has 1 N–H and O–H groups in total. The number of rotatable bonds is 5. The fourth-order valence-corrected chi connectivity index (χ4v) is 2.34. The van der Waals surface area contributed by atoms with Crippen LogP contribution < -0.4 is 5.32 Å². The average Bonchev–Trinajstić information content (AvgIpc) is 2.43. The first-order valence-electron chi connectivity index (χ1n) is 6.15. The summed E-state index contributed by atoms with van der Waals surface area (Å²) in [6.45, 7) is 0.730. The third-order valence-electron chi connectivity index (χ3n) is 2.88. The summed E-state index contributed by atoms with van der Waals surface area (Å²) in [6, 6.07) is 13.8. The summed E-state index contributed by atoms with van der Waals surface area (Å²) in [4.78, 5) is 12.1. The highest BCUT2D eigenvalue weighted by Crippen LogP contribution is 2.18. The van der Waals surface area contributed by atoms with Gasteiger partial charge in [0, 0.05) is 17.4 Å². The van der Waals surface area contributed by atoms with E-state index in [1.54, 1.807) is 0 Å². The molecule has 0 saturated carbocycles. The normalized spacial score (nSPS) is 10.5. The van der Waals surface area contributed by atoms with Gasteiger partial charge in [0.25, 0.3) is 5.91 Å². The molecule has 2 rings (SSSR count). The molecule has 3 heteroatoms. The number of carbonyl (C=O) groups is 1. The lowest BCUT2D eigenvalue weighted by molar-refractivity contribution is 0.0955. The second-order valence-electron chi connectivity index (χ2n) is 4.18. The number of unbranched alkanes of at least 4 members (excludes halogenated alkanes) is 1. The summed E-state index contributed by atoms with van der Waals surface area (Å²) < 4.78 is 0. The average molecular weight is 306 g/mol. The molecule has 0 heterocycles. The van der Waals surface area contributed by atoms with Crippen LogP contribution in [0.5, 0.6) is 0 Å². The zero-order valence-electron chi connectivity index (χ0n) is 10.2. The number of hydrogen-bond acceptors (Lipinski definition) is 1. The van der Waals surface area contributed by atoms with E-state index in [-0.39, 0.29) is 5.91 Å². The fourth-order valence-electron chi connectivity index (χ4n) is 1.94. The quantitative estimate of drug-likeness (QED) is 0.661. The van der Waals surface area contributed by atoms with Crippen LogP contribution in [-0.2, 0) is 0 Å². The monoisotopic (exact) mass is 305 g/mol. The number of nitrogens with one attached hydrogen (secondary N) is 1. The molecule has 0 atom stereocenters. The van der Waals surface area contributed by atoms with Gasteiger partial charge in [-0.05, 0) is 29.7 Å². The molecule has 18 heavy (non-hydrogen) atoms. The Kier molecular flexibility index (Phi) is 4.76. The molecule has 2 nitrogen and oxygen atoms in total. The predicted molar refractivity (Wildman–Crippen MR) is 79.3 cm³/mol. The Hall–Kier alpha value is -1.35. The lowest BCUT2D eigenvalue weighted by Gasteiger charge is -2.07. The Balaban J connectivity index is 2.13. The van der Waals surface area contributed by atoms with Crippen molar-refractivity contribution in [2.24, 2.45) is 0 Å². The highest BCUT2D eigenvalue weighted by molar-refractivity contribution is 9.09. The van der Waals surface area contributed by atoms with Gasteiger partial charge in [-0.2, -0.15) is 0 Å². The first-order valence-corrected chi connectivity index (χ1v) is 7.27. The Morgan fingerprint density at radius 3 is 2.67 bits per heavy atom. The maximum Gasteiger partial charge on any atom is 0.251 e. The number of hydrogen-bond donors (Lipinski definition) is 1. The van der Waals surface area contributed by atoms with Gasteiger partial charge in [0.1, 0.15) is 0 Å². The number of benzene rings is 2. The summed E-state index contributed by atoms with van der Waals surface area (Å²) in [5, 5.41) is 6.06. The molecular weight excluding hydrogens is 290 g/mol. The summed E-state index contributed by atoms with van der Waals surface area (Å²) in [5.41, 5.74) is 0.756. The smallest absolute Gasteiger partial charge is 0.251 e. The van der Waals surface area contributed by atoms with Crippen molar-refractivity contribution in [2.75, 3.05) is 11.9 Å². The van der Waals surface area contributed by atoms with Gasteiger partial charge in [0.15, 0.2) is 0 Å². The van der Waals surface area contributed by atoms with Crippen molar-refractivity contribution in [3.05, 3.63) is 48.0 Å². The highest BCUT2D eigenvalue weighted by Gasteiger charge is 2.08. The van der Waals surface area contributed by atoms with E-state index in [0.717, 1.165) is 41.1 Å². The minimum absolute atomic E-state index is 0.0152. The molecule has 0 spiro atoms.